The quantitative estimate of drug-likeness (QED) is 0.0158. The summed E-state index contributed by atoms with van der Waals surface area (Å²) in [5.74, 6) is -1.04. The normalized spacial score (nSPS) is 21.4. The molecule has 0 aromatic heterocycles. The standard InChI is InChI=1S/C59H65N3O11/c1-2-35-70-59-55(61(31-36-69-37-34-65)56(66)30-21-42-19-24-47(25-20-42)62(67)68)40-53(60-71-41-43-13-5-3-6-14-43)51-38-46(17-9-11-32-63)50(18-10-12-33-64)57(58(51)59)52-39-49(28-29-54(52)73-59)72-48-26-22-45(23-27-48)44-15-7-4-8-16-44/h2-8,13-16,19-30,38-39,46,50,55,57-58,63-65H,1,9-12,17-18,31-37,40-41H2. The van der Waals surface area contributed by atoms with Gasteiger partial charge in [-0.15, -0.1) is 6.58 Å². The van der Waals surface area contributed by atoms with Crippen LogP contribution in [0, 0.1) is 27.9 Å². The third-order valence-electron chi connectivity index (χ3n) is 14.0. The number of amides is 1. The maximum atomic E-state index is 15.0. The molecular weight excluding hydrogens is 927 g/mol. The molecule has 1 fully saturated rings. The number of nitro groups is 1. The van der Waals surface area contributed by atoms with Crippen LogP contribution in [0.1, 0.15) is 67.6 Å². The Kier molecular flexibility index (Phi) is 18.4. The van der Waals surface area contributed by atoms with Crippen molar-refractivity contribution in [3.05, 3.63) is 185 Å². The van der Waals surface area contributed by atoms with Gasteiger partial charge < -0.3 is 44.0 Å². The van der Waals surface area contributed by atoms with Crippen molar-refractivity contribution in [2.75, 3.05) is 46.2 Å². The van der Waals surface area contributed by atoms with Crippen LogP contribution in [0.25, 0.3) is 17.2 Å². The molecule has 382 valence electrons. The summed E-state index contributed by atoms with van der Waals surface area (Å²) in [5, 5.41) is 46.2. The molecule has 14 heteroatoms. The number of hydrogen-bond donors (Lipinski definition) is 3. The van der Waals surface area contributed by atoms with Crippen molar-refractivity contribution in [1.29, 1.82) is 0 Å². The molecule has 0 saturated heterocycles. The number of allylic oxidation sites excluding steroid dienone is 1. The molecule has 0 bridgehead atoms. The van der Waals surface area contributed by atoms with Gasteiger partial charge in [-0.05, 0) is 114 Å². The number of oxime groups is 1. The summed E-state index contributed by atoms with van der Waals surface area (Å²) in [6.45, 7) is 4.41. The van der Waals surface area contributed by atoms with E-state index in [0.717, 1.165) is 53.5 Å². The molecule has 0 spiro atoms. The predicted octanol–water partition coefficient (Wildman–Crippen LogP) is 10.4. The zero-order valence-electron chi connectivity index (χ0n) is 41.1. The van der Waals surface area contributed by atoms with Gasteiger partial charge in [0.05, 0.1) is 43.0 Å². The molecule has 5 aromatic carbocycles. The molecule has 1 saturated carbocycles. The van der Waals surface area contributed by atoms with Gasteiger partial charge in [-0.25, -0.2) is 0 Å². The maximum absolute atomic E-state index is 15.0. The van der Waals surface area contributed by atoms with Gasteiger partial charge in [-0.3, -0.25) is 14.9 Å². The molecule has 14 nitrogen and oxygen atoms in total. The first-order chi connectivity index (χ1) is 35.8. The summed E-state index contributed by atoms with van der Waals surface area (Å²) in [7, 11) is 0. The first-order valence-electron chi connectivity index (χ1n) is 25.3. The SMILES string of the molecule is C=CCOC12Oc3ccc(Oc4ccc(-c5ccccc5)cc4)cc3C3C(CCCCO)C(CCCCO)C=C(C(=NOCc4ccccc4)CC1N(CCOCCO)C(=O)C=Cc1ccc([N+](=O)[O-])cc1)C32. The monoisotopic (exact) mass is 991 g/mol. The van der Waals surface area contributed by atoms with Gasteiger partial charge in [-0.2, -0.15) is 0 Å². The molecule has 1 aliphatic heterocycles. The predicted molar refractivity (Wildman–Crippen MR) is 280 cm³/mol. The Bertz CT molecular complexity index is 2690. The first-order valence-corrected chi connectivity index (χ1v) is 25.3. The van der Waals surface area contributed by atoms with Crippen molar-refractivity contribution in [1.82, 2.24) is 4.90 Å². The number of benzene rings is 5. The lowest BCUT2D eigenvalue weighted by Crippen LogP contribution is -2.70. The van der Waals surface area contributed by atoms with E-state index in [1.807, 2.05) is 84.9 Å². The number of rotatable bonds is 26. The van der Waals surface area contributed by atoms with E-state index in [1.165, 1.54) is 18.2 Å². The highest BCUT2D eigenvalue weighted by molar-refractivity contribution is 6.03. The zero-order chi connectivity index (χ0) is 51.0. The average Bonchev–Trinajstić information content (AvgIpc) is 3.42. The third kappa shape index (κ3) is 12.6. The van der Waals surface area contributed by atoms with Gasteiger partial charge in [-0.1, -0.05) is 103 Å². The van der Waals surface area contributed by atoms with Crippen LogP contribution >= 0.6 is 0 Å². The van der Waals surface area contributed by atoms with Crippen LogP contribution in [-0.4, -0.2) is 94.8 Å². The van der Waals surface area contributed by atoms with Gasteiger partial charge in [0.15, 0.2) is 0 Å². The number of hydrogen-bond acceptors (Lipinski definition) is 12. The van der Waals surface area contributed by atoms with Crippen molar-refractivity contribution in [2.45, 2.75) is 69.3 Å². The third-order valence-corrected chi connectivity index (χ3v) is 14.0. The Morgan fingerprint density at radius 2 is 1.53 bits per heavy atom. The minimum Gasteiger partial charge on any atom is -0.459 e. The molecule has 8 rings (SSSR count). The number of aliphatic hydroxyl groups excluding tert-OH is 3. The van der Waals surface area contributed by atoms with Crippen LogP contribution < -0.4 is 9.47 Å². The van der Waals surface area contributed by atoms with Crippen LogP contribution in [0.4, 0.5) is 5.69 Å². The molecule has 3 aliphatic rings. The number of unbranched alkanes of at least 4 members (excludes halogenated alkanes) is 2. The molecule has 2 aliphatic carbocycles. The number of non-ortho nitro benzene ring substituents is 1. The van der Waals surface area contributed by atoms with Crippen LogP contribution in [0.5, 0.6) is 17.2 Å². The second kappa shape index (κ2) is 25.6. The maximum Gasteiger partial charge on any atom is 0.269 e. The van der Waals surface area contributed by atoms with E-state index in [0.29, 0.717) is 41.4 Å². The van der Waals surface area contributed by atoms with Gasteiger partial charge in [0.25, 0.3) is 5.69 Å². The second-order valence-electron chi connectivity index (χ2n) is 18.6. The number of carbonyl (C=O) groups excluding carboxylic acids is 1. The summed E-state index contributed by atoms with van der Waals surface area (Å²) < 4.78 is 27.1. The summed E-state index contributed by atoms with van der Waals surface area (Å²) >= 11 is 0. The van der Waals surface area contributed by atoms with Gasteiger partial charge in [0, 0.05) is 55.9 Å². The number of nitro benzene ring substituents is 1. The Hall–Kier alpha value is -6.94. The largest absolute Gasteiger partial charge is 0.459 e. The average molecular weight is 992 g/mol. The van der Waals surface area contributed by atoms with Crippen LogP contribution in [0.15, 0.2) is 163 Å². The zero-order valence-corrected chi connectivity index (χ0v) is 41.1. The van der Waals surface area contributed by atoms with Crippen molar-refractivity contribution in [3.8, 4) is 28.4 Å². The number of ether oxygens (including phenoxy) is 4. The van der Waals surface area contributed by atoms with E-state index in [9.17, 15) is 25.4 Å². The molecule has 0 radical (unpaired) electrons. The van der Waals surface area contributed by atoms with Crippen LogP contribution in [0.2, 0.25) is 0 Å². The van der Waals surface area contributed by atoms with E-state index in [-0.39, 0.29) is 82.7 Å². The van der Waals surface area contributed by atoms with Crippen molar-refractivity contribution >= 4 is 23.4 Å². The fourth-order valence-electron chi connectivity index (χ4n) is 10.7. The highest BCUT2D eigenvalue weighted by Gasteiger charge is 2.65. The molecule has 6 unspecified atom stereocenters. The molecule has 5 aromatic rings. The minimum atomic E-state index is -1.55. The smallest absolute Gasteiger partial charge is 0.269 e. The van der Waals surface area contributed by atoms with Crippen molar-refractivity contribution in [2.24, 2.45) is 22.9 Å². The summed E-state index contributed by atoms with van der Waals surface area (Å²) in [6.07, 6.45) is 11.4. The Morgan fingerprint density at radius 1 is 0.836 bits per heavy atom. The van der Waals surface area contributed by atoms with Crippen LogP contribution in [0.3, 0.4) is 0 Å². The fraction of sp³-hybridized carbons (Fsp3) is 0.356. The highest BCUT2D eigenvalue weighted by atomic mass is 16.7. The van der Waals surface area contributed by atoms with E-state index in [2.05, 4.69) is 30.9 Å². The van der Waals surface area contributed by atoms with E-state index in [4.69, 9.17) is 28.9 Å². The molecule has 1 heterocycles. The lowest BCUT2D eigenvalue weighted by atomic mass is 9.55. The van der Waals surface area contributed by atoms with E-state index >= 15 is 4.79 Å². The highest BCUT2D eigenvalue weighted by Crippen LogP contribution is 2.62. The fourth-order valence-corrected chi connectivity index (χ4v) is 10.7. The Labute approximate surface area is 427 Å². The number of fused-ring (bicyclic) bond motifs is 2. The summed E-state index contributed by atoms with van der Waals surface area (Å²) in [5.41, 5.74) is 6.01. The van der Waals surface area contributed by atoms with Crippen molar-refractivity contribution < 1.29 is 48.8 Å². The molecule has 3 N–H and O–H groups in total. The van der Waals surface area contributed by atoms with E-state index in [1.54, 1.807) is 29.2 Å². The molecule has 6 atom stereocenters. The Morgan fingerprint density at radius 3 is 2.23 bits per heavy atom. The summed E-state index contributed by atoms with van der Waals surface area (Å²) in [6, 6.07) is 38.8. The number of carbonyl (C=O) groups is 1. The minimum absolute atomic E-state index is 0.00442. The number of nitrogens with zero attached hydrogens (tertiary/aromatic N) is 3. The van der Waals surface area contributed by atoms with Gasteiger partial charge in [0.1, 0.15) is 29.9 Å². The lowest BCUT2D eigenvalue weighted by molar-refractivity contribution is -0.384. The summed E-state index contributed by atoms with van der Waals surface area (Å²) in [4.78, 5) is 34.0. The number of aliphatic hydroxyl groups is 3. The second-order valence-corrected chi connectivity index (χ2v) is 18.6. The molecule has 73 heavy (non-hydrogen) atoms. The van der Waals surface area contributed by atoms with Crippen LogP contribution in [-0.2, 0) is 25.7 Å². The van der Waals surface area contributed by atoms with Crippen molar-refractivity contribution in [3.63, 3.8) is 0 Å². The molecular formula is C59H65N3O11. The first kappa shape index (κ1) is 52.4. The van der Waals surface area contributed by atoms with E-state index < -0.39 is 28.6 Å². The lowest BCUT2D eigenvalue weighted by Gasteiger charge is -2.60. The Balaban J connectivity index is 1.29. The molecule has 1 amide bonds. The van der Waals surface area contributed by atoms with Gasteiger partial charge in [0.2, 0.25) is 11.7 Å². The topological polar surface area (TPSA) is 183 Å². The van der Waals surface area contributed by atoms with Gasteiger partial charge >= 0.3 is 0 Å².